The van der Waals surface area contributed by atoms with E-state index in [1.54, 1.807) is 28.8 Å². The van der Waals surface area contributed by atoms with E-state index in [1.807, 2.05) is 30.3 Å². The molecule has 0 bridgehead atoms. The maximum Gasteiger partial charge on any atom is 0.332 e. The minimum atomic E-state index is -0.525. The molecule has 0 saturated carbocycles. The maximum absolute atomic E-state index is 14.5. The van der Waals surface area contributed by atoms with Crippen LogP contribution in [0.2, 0.25) is 0 Å². The molecule has 0 fully saturated rings. The van der Waals surface area contributed by atoms with Crippen LogP contribution in [0.25, 0.3) is 45.1 Å². The average molecular weight is 494 g/mol. The number of halogens is 2. The largest absolute Gasteiger partial charge is 0.486 e. The summed E-state index contributed by atoms with van der Waals surface area (Å²) < 4.78 is 37.1. The van der Waals surface area contributed by atoms with E-state index in [-0.39, 0.29) is 24.0 Å². The highest BCUT2D eigenvalue weighted by atomic mass is 19.1. The van der Waals surface area contributed by atoms with Gasteiger partial charge in [-0.2, -0.15) is 4.98 Å². The van der Waals surface area contributed by atoms with Crippen LogP contribution < -0.4 is 10.4 Å². The van der Waals surface area contributed by atoms with E-state index in [0.29, 0.717) is 33.5 Å². The van der Waals surface area contributed by atoms with Gasteiger partial charge in [0.2, 0.25) is 5.95 Å². The van der Waals surface area contributed by atoms with E-state index in [2.05, 4.69) is 9.97 Å². The summed E-state index contributed by atoms with van der Waals surface area (Å²) in [5.41, 5.74) is 3.32. The fourth-order valence-electron chi connectivity index (χ4n) is 4.63. The third-order valence-corrected chi connectivity index (χ3v) is 6.29. The van der Waals surface area contributed by atoms with Gasteiger partial charge in [0.25, 0.3) is 0 Å². The second kappa shape index (κ2) is 7.95. The molecule has 6 aromatic rings. The Hall–Kier alpha value is -5.12. The summed E-state index contributed by atoms with van der Waals surface area (Å²) in [7, 11) is 0. The number of aromatic nitrogens is 6. The number of para-hydroxylation sites is 1. The molecule has 1 aliphatic heterocycles. The summed E-state index contributed by atoms with van der Waals surface area (Å²) in [6.45, 7) is 0.0807. The number of rotatable bonds is 3. The van der Waals surface area contributed by atoms with Crippen LogP contribution in [0.4, 0.5) is 8.78 Å². The summed E-state index contributed by atoms with van der Waals surface area (Å²) >= 11 is 0. The zero-order valence-electron chi connectivity index (χ0n) is 19.0. The number of imidazole rings is 2. The first-order chi connectivity index (χ1) is 18.1. The number of H-pyrrole nitrogens is 1. The predicted octanol–water partition coefficient (Wildman–Crippen LogP) is 4.69. The van der Waals surface area contributed by atoms with Gasteiger partial charge >= 0.3 is 5.69 Å². The highest BCUT2D eigenvalue weighted by molar-refractivity contribution is 5.91. The van der Waals surface area contributed by atoms with Crippen LogP contribution in [-0.2, 0) is 0 Å². The molecule has 180 valence electrons. The molecule has 3 aromatic carbocycles. The van der Waals surface area contributed by atoms with Gasteiger partial charge in [-0.05, 0) is 30.3 Å². The van der Waals surface area contributed by atoms with Gasteiger partial charge in [0.05, 0.1) is 16.7 Å². The second-order valence-corrected chi connectivity index (χ2v) is 8.47. The molecule has 1 N–H and O–H groups in total. The fraction of sp³-hybridized carbons (Fsp3) is 0.0370. The smallest absolute Gasteiger partial charge is 0.332 e. The van der Waals surface area contributed by atoms with Crippen molar-refractivity contribution < 1.29 is 13.5 Å². The molecule has 10 heteroatoms. The summed E-state index contributed by atoms with van der Waals surface area (Å²) in [6, 6.07) is 18.1. The summed E-state index contributed by atoms with van der Waals surface area (Å²) in [5, 5.41) is 0. The predicted molar refractivity (Wildman–Crippen MR) is 133 cm³/mol. The summed E-state index contributed by atoms with van der Waals surface area (Å²) in [6.07, 6.45) is 3.20. The van der Waals surface area contributed by atoms with Crippen molar-refractivity contribution >= 4 is 27.9 Å². The molecule has 0 radical (unpaired) electrons. The zero-order valence-corrected chi connectivity index (χ0v) is 19.0. The van der Waals surface area contributed by atoms with E-state index < -0.39 is 17.3 Å². The number of ether oxygens (including phenoxy) is 1. The van der Waals surface area contributed by atoms with Gasteiger partial charge in [-0.15, -0.1) is 0 Å². The van der Waals surface area contributed by atoms with Crippen LogP contribution in [0, 0.1) is 11.6 Å². The number of nitrogens with one attached hydrogen (secondary N) is 1. The molecule has 0 unspecified atom stereocenters. The minimum absolute atomic E-state index is 0.0647. The Morgan fingerprint density at radius 1 is 0.973 bits per heavy atom. The van der Waals surface area contributed by atoms with Crippen molar-refractivity contribution in [1.82, 2.24) is 29.1 Å². The second-order valence-electron chi connectivity index (χ2n) is 8.47. The van der Waals surface area contributed by atoms with Gasteiger partial charge in [-0.25, -0.2) is 28.1 Å². The summed E-state index contributed by atoms with van der Waals surface area (Å²) in [5.74, 6) is -0.694. The lowest BCUT2D eigenvalue weighted by Gasteiger charge is -2.19. The molecule has 0 aliphatic carbocycles. The van der Waals surface area contributed by atoms with E-state index in [1.165, 1.54) is 29.1 Å². The quantitative estimate of drug-likeness (QED) is 0.386. The number of fused-ring (bicyclic) bond motifs is 3. The lowest BCUT2D eigenvalue weighted by molar-refractivity contribution is 0.335. The average Bonchev–Trinajstić information content (AvgIpc) is 3.48. The first-order valence-electron chi connectivity index (χ1n) is 11.4. The Kier molecular flexibility index (Phi) is 4.55. The van der Waals surface area contributed by atoms with Crippen molar-refractivity contribution in [2.75, 3.05) is 6.61 Å². The van der Waals surface area contributed by atoms with Crippen LogP contribution in [0.3, 0.4) is 0 Å². The monoisotopic (exact) mass is 494 g/mol. The Balaban J connectivity index is 1.55. The molecule has 0 saturated heterocycles. The molecule has 1 aliphatic rings. The van der Waals surface area contributed by atoms with Gasteiger partial charge in [-0.1, -0.05) is 36.4 Å². The highest BCUT2D eigenvalue weighted by Crippen LogP contribution is 2.35. The standard InChI is InChI=1S/C27H16F2N6O2/c28-16-9-10-19-21(13-16)34(14-30-19)26-31-22(15-5-2-1-3-6-15)23-25(33-26)35(27(36)32-23)20-11-12-37-24-17(20)7-4-8-18(24)29/h1-11,13-14H,12H2,(H,32,36). The lowest BCUT2D eigenvalue weighted by atomic mass is 10.1. The molecule has 4 heterocycles. The van der Waals surface area contributed by atoms with Crippen LogP contribution in [-0.4, -0.2) is 35.7 Å². The van der Waals surface area contributed by atoms with Crippen molar-refractivity contribution in [3.05, 3.63) is 107 Å². The van der Waals surface area contributed by atoms with Crippen molar-refractivity contribution in [3.63, 3.8) is 0 Å². The SMILES string of the molecule is O=c1[nH]c2c(-c3ccccc3)nc(-n3cnc4ccc(F)cc43)nc2n1C1=CCOc2c(F)cccc21. The van der Waals surface area contributed by atoms with Crippen molar-refractivity contribution in [2.24, 2.45) is 0 Å². The third kappa shape index (κ3) is 3.26. The first-order valence-corrected chi connectivity index (χ1v) is 11.4. The Morgan fingerprint density at radius 3 is 2.70 bits per heavy atom. The number of hydrogen-bond donors (Lipinski definition) is 1. The number of nitrogens with zero attached hydrogens (tertiary/aromatic N) is 5. The van der Waals surface area contributed by atoms with Crippen LogP contribution in [0.15, 0.2) is 83.9 Å². The maximum atomic E-state index is 14.5. The van der Waals surface area contributed by atoms with Gasteiger partial charge < -0.3 is 9.72 Å². The number of benzene rings is 3. The lowest BCUT2D eigenvalue weighted by Crippen LogP contribution is -2.20. The van der Waals surface area contributed by atoms with E-state index in [9.17, 15) is 13.6 Å². The molecule has 3 aromatic heterocycles. The normalized spacial score (nSPS) is 13.0. The van der Waals surface area contributed by atoms with Gasteiger partial charge in [0.15, 0.2) is 17.2 Å². The molecule has 0 atom stereocenters. The Morgan fingerprint density at radius 2 is 1.84 bits per heavy atom. The van der Waals surface area contributed by atoms with Gasteiger partial charge in [0.1, 0.15) is 30.0 Å². The molecule has 37 heavy (non-hydrogen) atoms. The molecule has 0 spiro atoms. The molecular weight excluding hydrogens is 478 g/mol. The van der Waals surface area contributed by atoms with Crippen LogP contribution in [0.1, 0.15) is 5.56 Å². The Labute approximate surface area is 207 Å². The minimum Gasteiger partial charge on any atom is -0.486 e. The van der Waals surface area contributed by atoms with E-state index in [4.69, 9.17) is 14.7 Å². The van der Waals surface area contributed by atoms with Crippen LogP contribution in [0.5, 0.6) is 5.75 Å². The van der Waals surface area contributed by atoms with Gasteiger partial charge in [-0.3, -0.25) is 4.57 Å². The zero-order chi connectivity index (χ0) is 25.1. The summed E-state index contributed by atoms with van der Waals surface area (Å²) in [4.78, 5) is 30.1. The number of hydrogen-bond acceptors (Lipinski definition) is 5. The molecule has 0 amide bonds. The Bertz CT molecular complexity index is 1940. The van der Waals surface area contributed by atoms with Gasteiger partial charge in [0, 0.05) is 17.2 Å². The third-order valence-electron chi connectivity index (χ3n) is 6.29. The topological polar surface area (TPSA) is 90.6 Å². The van der Waals surface area contributed by atoms with Crippen LogP contribution >= 0.6 is 0 Å². The first kappa shape index (κ1) is 21.2. The fourth-order valence-corrected chi connectivity index (χ4v) is 4.63. The van der Waals surface area contributed by atoms with Crippen molar-refractivity contribution in [2.45, 2.75) is 0 Å². The van der Waals surface area contributed by atoms with E-state index >= 15 is 0 Å². The van der Waals surface area contributed by atoms with Crippen molar-refractivity contribution in [1.29, 1.82) is 0 Å². The van der Waals surface area contributed by atoms with Crippen molar-refractivity contribution in [3.8, 4) is 23.0 Å². The number of aromatic amines is 1. The molecule has 7 rings (SSSR count). The van der Waals surface area contributed by atoms with E-state index in [0.717, 1.165) is 5.56 Å². The molecular formula is C27H16F2N6O2. The molecule has 8 nitrogen and oxygen atoms in total. The highest BCUT2D eigenvalue weighted by Gasteiger charge is 2.25.